The van der Waals surface area contributed by atoms with E-state index in [9.17, 15) is 5.11 Å². The van der Waals surface area contributed by atoms with E-state index in [-0.39, 0.29) is 12.0 Å². The lowest BCUT2D eigenvalue weighted by Gasteiger charge is -2.29. The fourth-order valence-corrected chi connectivity index (χ4v) is 3.78. The number of nitrogen functional groups attached to an aromatic ring is 1. The van der Waals surface area contributed by atoms with Crippen LogP contribution < -0.4 is 11.1 Å². The summed E-state index contributed by atoms with van der Waals surface area (Å²) in [5.41, 5.74) is 7.76. The third kappa shape index (κ3) is 3.36. The van der Waals surface area contributed by atoms with Crippen molar-refractivity contribution < 1.29 is 5.11 Å². The van der Waals surface area contributed by atoms with Crippen LogP contribution in [0, 0.1) is 12.3 Å². The molecule has 0 radical (unpaired) electrons. The van der Waals surface area contributed by atoms with Crippen molar-refractivity contribution in [2.75, 3.05) is 24.2 Å². The van der Waals surface area contributed by atoms with Crippen molar-refractivity contribution in [2.24, 2.45) is 5.41 Å². The summed E-state index contributed by atoms with van der Waals surface area (Å²) in [7, 11) is 0. The van der Waals surface area contributed by atoms with Crippen LogP contribution in [0.2, 0.25) is 0 Å². The van der Waals surface area contributed by atoms with Gasteiger partial charge in [-0.05, 0) is 31.3 Å². The van der Waals surface area contributed by atoms with Crippen LogP contribution in [-0.2, 0) is 0 Å². The standard InChI is InChI=1S/C14H22N4OS2/c1-4-14(5-2,8-19)7-16-12-10(11(15)18-21-12)13-17-9(3)6-20-13/h6,16,19H,4-5,7-8H2,1-3H3,(H2,15,18). The molecule has 5 nitrogen and oxygen atoms in total. The molecule has 0 bridgehead atoms. The molecule has 2 rings (SSSR count). The predicted molar refractivity (Wildman–Crippen MR) is 91.0 cm³/mol. The second-order valence-electron chi connectivity index (χ2n) is 5.28. The molecule has 0 spiro atoms. The second-order valence-corrected chi connectivity index (χ2v) is 6.92. The number of nitrogens with zero attached hydrogens (tertiary/aromatic N) is 2. The molecule has 7 heteroatoms. The van der Waals surface area contributed by atoms with Crippen molar-refractivity contribution in [3.8, 4) is 10.6 Å². The molecule has 21 heavy (non-hydrogen) atoms. The van der Waals surface area contributed by atoms with E-state index < -0.39 is 0 Å². The van der Waals surface area contributed by atoms with Crippen molar-refractivity contribution >= 4 is 33.7 Å². The fraction of sp³-hybridized carbons (Fsp3) is 0.571. The molecule has 0 aromatic carbocycles. The number of anilines is 2. The summed E-state index contributed by atoms with van der Waals surface area (Å²) < 4.78 is 4.24. The van der Waals surface area contributed by atoms with Crippen molar-refractivity contribution in [3.63, 3.8) is 0 Å². The molecule has 2 aromatic heterocycles. The molecule has 2 heterocycles. The van der Waals surface area contributed by atoms with E-state index in [0.717, 1.165) is 34.1 Å². The Hall–Kier alpha value is -1.18. The predicted octanol–water partition coefficient (Wildman–Crippen LogP) is 3.37. The first-order valence-corrected chi connectivity index (χ1v) is 8.73. The highest BCUT2D eigenvalue weighted by atomic mass is 32.1. The Bertz CT molecular complexity index is 581. The van der Waals surface area contributed by atoms with Crippen LogP contribution in [0.25, 0.3) is 10.6 Å². The quantitative estimate of drug-likeness (QED) is 0.726. The van der Waals surface area contributed by atoms with Gasteiger partial charge in [-0.2, -0.15) is 4.37 Å². The highest BCUT2D eigenvalue weighted by Crippen LogP contribution is 2.39. The summed E-state index contributed by atoms with van der Waals surface area (Å²) in [5.74, 6) is 0.513. The smallest absolute Gasteiger partial charge is 0.149 e. The fourth-order valence-electron chi connectivity index (χ4n) is 2.15. The van der Waals surface area contributed by atoms with Crippen LogP contribution in [0.15, 0.2) is 5.38 Å². The lowest BCUT2D eigenvalue weighted by Crippen LogP contribution is -2.32. The number of hydrogen-bond donors (Lipinski definition) is 3. The zero-order valence-corrected chi connectivity index (χ0v) is 14.3. The molecule has 2 aromatic rings. The lowest BCUT2D eigenvalue weighted by atomic mass is 9.83. The van der Waals surface area contributed by atoms with Crippen LogP contribution in [-0.4, -0.2) is 27.6 Å². The van der Waals surface area contributed by atoms with E-state index in [4.69, 9.17) is 5.73 Å². The lowest BCUT2D eigenvalue weighted by molar-refractivity contribution is 0.127. The average Bonchev–Trinajstić information content (AvgIpc) is 3.07. The minimum atomic E-state index is -0.102. The molecule has 0 amide bonds. The van der Waals surface area contributed by atoms with E-state index in [0.29, 0.717) is 12.4 Å². The summed E-state index contributed by atoms with van der Waals surface area (Å²) >= 11 is 2.92. The number of nitrogens with two attached hydrogens (primary N) is 1. The van der Waals surface area contributed by atoms with E-state index >= 15 is 0 Å². The van der Waals surface area contributed by atoms with Gasteiger partial charge in [0.2, 0.25) is 0 Å². The van der Waals surface area contributed by atoms with Gasteiger partial charge in [0.15, 0.2) is 0 Å². The van der Waals surface area contributed by atoms with Gasteiger partial charge in [-0.15, -0.1) is 11.3 Å². The number of aliphatic hydroxyl groups excluding tert-OH is 1. The third-order valence-electron chi connectivity index (χ3n) is 4.01. The van der Waals surface area contributed by atoms with Gasteiger partial charge in [-0.3, -0.25) is 0 Å². The third-order valence-corrected chi connectivity index (χ3v) is 5.81. The number of nitrogens with one attached hydrogen (secondary N) is 1. The summed E-state index contributed by atoms with van der Waals surface area (Å²) in [4.78, 5) is 4.50. The van der Waals surface area contributed by atoms with Crippen molar-refractivity contribution in [3.05, 3.63) is 11.1 Å². The normalized spacial score (nSPS) is 11.8. The zero-order chi connectivity index (χ0) is 15.5. The van der Waals surface area contributed by atoms with E-state index in [1.165, 1.54) is 11.5 Å². The van der Waals surface area contributed by atoms with Crippen LogP contribution >= 0.6 is 22.9 Å². The van der Waals surface area contributed by atoms with Crippen molar-refractivity contribution in [1.82, 2.24) is 9.36 Å². The maximum atomic E-state index is 9.66. The monoisotopic (exact) mass is 326 g/mol. The van der Waals surface area contributed by atoms with E-state index in [1.54, 1.807) is 11.3 Å². The highest BCUT2D eigenvalue weighted by Gasteiger charge is 2.26. The summed E-state index contributed by atoms with van der Waals surface area (Å²) in [6, 6.07) is 0. The Morgan fingerprint density at radius 2 is 2.10 bits per heavy atom. The van der Waals surface area contributed by atoms with Gasteiger partial charge >= 0.3 is 0 Å². The molecule has 0 atom stereocenters. The number of thiazole rings is 1. The van der Waals surface area contributed by atoms with Crippen LogP contribution in [0.1, 0.15) is 32.4 Å². The largest absolute Gasteiger partial charge is 0.396 e. The molecule has 0 unspecified atom stereocenters. The minimum absolute atomic E-state index is 0.102. The summed E-state index contributed by atoms with van der Waals surface area (Å²) in [6.07, 6.45) is 1.85. The Kier molecular flexibility index (Phi) is 5.18. The first-order chi connectivity index (χ1) is 10.0. The second kappa shape index (κ2) is 6.72. The van der Waals surface area contributed by atoms with E-state index in [1.807, 2.05) is 12.3 Å². The van der Waals surface area contributed by atoms with Gasteiger partial charge < -0.3 is 16.2 Å². The van der Waals surface area contributed by atoms with Gasteiger partial charge in [0.25, 0.3) is 0 Å². The first kappa shape index (κ1) is 16.2. The van der Waals surface area contributed by atoms with Crippen molar-refractivity contribution in [1.29, 1.82) is 0 Å². The SMILES string of the molecule is CCC(CC)(CO)CNc1snc(N)c1-c1nc(C)cs1. The van der Waals surface area contributed by atoms with Crippen LogP contribution in [0.5, 0.6) is 0 Å². The number of rotatable bonds is 7. The van der Waals surface area contributed by atoms with Gasteiger partial charge in [-0.1, -0.05) is 13.8 Å². The maximum absolute atomic E-state index is 9.66. The Balaban J connectivity index is 2.22. The zero-order valence-electron chi connectivity index (χ0n) is 12.6. The molecule has 0 fully saturated rings. The highest BCUT2D eigenvalue weighted by molar-refractivity contribution is 7.15. The van der Waals surface area contributed by atoms with Gasteiger partial charge in [-0.25, -0.2) is 4.98 Å². The van der Waals surface area contributed by atoms with Gasteiger partial charge in [0.05, 0.1) is 12.2 Å². The number of aliphatic hydroxyl groups is 1. The van der Waals surface area contributed by atoms with Crippen LogP contribution in [0.3, 0.4) is 0 Å². The average molecular weight is 326 g/mol. The Morgan fingerprint density at radius 3 is 2.62 bits per heavy atom. The summed E-state index contributed by atoms with van der Waals surface area (Å²) in [5, 5.41) is 16.9. The molecular formula is C14H22N4OS2. The molecule has 0 saturated carbocycles. The molecule has 0 aliphatic heterocycles. The molecule has 0 aliphatic carbocycles. The molecular weight excluding hydrogens is 304 g/mol. The maximum Gasteiger partial charge on any atom is 0.149 e. The molecule has 4 N–H and O–H groups in total. The number of aryl methyl sites for hydroxylation is 1. The molecule has 0 aliphatic rings. The Morgan fingerprint density at radius 1 is 1.38 bits per heavy atom. The minimum Gasteiger partial charge on any atom is -0.396 e. The molecule has 0 saturated heterocycles. The van der Waals surface area contributed by atoms with Gasteiger partial charge in [0.1, 0.15) is 15.8 Å². The van der Waals surface area contributed by atoms with Gasteiger partial charge in [0, 0.05) is 23.0 Å². The summed E-state index contributed by atoms with van der Waals surface area (Å²) in [6.45, 7) is 7.05. The first-order valence-electron chi connectivity index (χ1n) is 7.07. The van der Waals surface area contributed by atoms with E-state index in [2.05, 4.69) is 28.5 Å². The topological polar surface area (TPSA) is 84.1 Å². The van der Waals surface area contributed by atoms with Crippen LogP contribution in [0.4, 0.5) is 10.8 Å². The van der Waals surface area contributed by atoms with Crippen molar-refractivity contribution in [2.45, 2.75) is 33.6 Å². The Labute approximate surface area is 133 Å². The molecule has 116 valence electrons. The number of hydrogen-bond acceptors (Lipinski definition) is 7. The number of aromatic nitrogens is 2.